The summed E-state index contributed by atoms with van der Waals surface area (Å²) in [5, 5.41) is 2.58. The Kier molecular flexibility index (Phi) is 4.19. The number of rotatable bonds is 1. The van der Waals surface area contributed by atoms with E-state index in [1.54, 1.807) is 0 Å². The first-order valence-corrected chi connectivity index (χ1v) is 9.82. The Morgan fingerprint density at radius 2 is 1.64 bits per heavy atom. The van der Waals surface area contributed by atoms with Crippen LogP contribution in [0.5, 0.6) is 0 Å². The molecule has 2 aromatic carbocycles. The number of nitrogens with zero attached hydrogens (tertiary/aromatic N) is 3. The molecule has 0 spiro atoms. The summed E-state index contributed by atoms with van der Waals surface area (Å²) in [5.41, 5.74) is 7.61. The zero-order valence-electron chi connectivity index (χ0n) is 15.9. The first kappa shape index (κ1) is 17.7. The second kappa shape index (κ2) is 6.62. The van der Waals surface area contributed by atoms with Crippen molar-refractivity contribution < 1.29 is 28.4 Å². The molecule has 0 saturated carbocycles. The van der Waals surface area contributed by atoms with Crippen LogP contribution in [0.25, 0.3) is 33.0 Å². The van der Waals surface area contributed by atoms with Crippen LogP contribution in [0.4, 0.5) is 5.69 Å². The molecule has 28 heavy (non-hydrogen) atoms. The second-order valence-corrected chi connectivity index (χ2v) is 7.78. The summed E-state index contributed by atoms with van der Waals surface area (Å²) in [6.45, 7) is 4.51. The summed E-state index contributed by atoms with van der Waals surface area (Å²) in [7, 11) is 0. The minimum atomic E-state index is 0. The molecule has 1 aliphatic heterocycles. The van der Waals surface area contributed by atoms with E-state index in [0.29, 0.717) is 0 Å². The van der Waals surface area contributed by atoms with Crippen molar-refractivity contribution >= 4 is 38.7 Å². The van der Waals surface area contributed by atoms with Gasteiger partial charge < -0.3 is 28.9 Å². The molecule has 4 heteroatoms. The number of hydrogen-bond donors (Lipinski definition) is 0. The maximum atomic E-state index is 2.50. The molecule has 140 valence electrons. The molecule has 1 aliphatic rings. The highest BCUT2D eigenvalue weighted by Gasteiger charge is 2.18. The zero-order valence-corrected chi connectivity index (χ0v) is 18.1. The minimum Gasteiger partial charge on any atom is -1.00 e. The molecule has 3 nitrogen and oxygen atoms in total. The van der Waals surface area contributed by atoms with E-state index in [-0.39, 0.29) is 24.0 Å². The smallest absolute Gasteiger partial charge is 0.292 e. The van der Waals surface area contributed by atoms with Gasteiger partial charge in [0.15, 0.2) is 5.52 Å². The first-order valence-electron chi connectivity index (χ1n) is 9.82. The van der Waals surface area contributed by atoms with Crippen LogP contribution in [-0.4, -0.2) is 17.5 Å². The van der Waals surface area contributed by atoms with E-state index < -0.39 is 0 Å². The van der Waals surface area contributed by atoms with Gasteiger partial charge in [-0.3, -0.25) is 0 Å². The van der Waals surface area contributed by atoms with Crippen LogP contribution >= 0.6 is 0 Å². The Hall–Kier alpha value is -2.34. The van der Waals surface area contributed by atoms with Crippen LogP contribution in [0.1, 0.15) is 18.4 Å². The number of anilines is 1. The highest BCUT2D eigenvalue weighted by atomic mass is 127. The summed E-state index contributed by atoms with van der Waals surface area (Å²) in [5.74, 6) is 0. The van der Waals surface area contributed by atoms with Crippen LogP contribution < -0.4 is 33.3 Å². The van der Waals surface area contributed by atoms with Crippen molar-refractivity contribution in [3.63, 3.8) is 0 Å². The highest BCUT2D eigenvalue weighted by Crippen LogP contribution is 2.27. The highest BCUT2D eigenvalue weighted by molar-refractivity contribution is 5.88. The quantitative estimate of drug-likeness (QED) is 0.264. The SMILES string of the molecule is Cc1ccc2c(ccc3n4c(ccc5cc(N6CCCC6)ccc54)c[n+]23)c1.[I-]. The Morgan fingerprint density at radius 1 is 0.821 bits per heavy atom. The lowest BCUT2D eigenvalue weighted by Gasteiger charge is -2.17. The van der Waals surface area contributed by atoms with Gasteiger partial charge in [-0.05, 0) is 68.3 Å². The normalized spacial score (nSPS) is 14.4. The third-order valence-corrected chi connectivity index (χ3v) is 6.01. The molecule has 0 bridgehead atoms. The molecule has 4 heterocycles. The topological polar surface area (TPSA) is 11.8 Å². The van der Waals surface area contributed by atoms with Crippen molar-refractivity contribution in [3.05, 3.63) is 72.4 Å². The minimum absolute atomic E-state index is 0. The summed E-state index contributed by atoms with van der Waals surface area (Å²) in [4.78, 5) is 2.50. The van der Waals surface area contributed by atoms with E-state index in [1.807, 2.05) is 0 Å². The van der Waals surface area contributed by atoms with Crippen molar-refractivity contribution in [1.82, 2.24) is 4.40 Å². The van der Waals surface area contributed by atoms with E-state index in [1.165, 1.54) is 70.2 Å². The van der Waals surface area contributed by atoms with Gasteiger partial charge in [0.05, 0.1) is 0 Å². The van der Waals surface area contributed by atoms with Gasteiger partial charge in [0.2, 0.25) is 0 Å². The van der Waals surface area contributed by atoms with Gasteiger partial charge in [-0.1, -0.05) is 11.6 Å². The monoisotopic (exact) mass is 479 g/mol. The van der Waals surface area contributed by atoms with Crippen LogP contribution in [0.15, 0.2) is 66.9 Å². The van der Waals surface area contributed by atoms with E-state index in [0.717, 1.165) is 0 Å². The third kappa shape index (κ3) is 2.58. The largest absolute Gasteiger partial charge is 1.00 e. The lowest BCUT2D eigenvalue weighted by atomic mass is 10.1. The van der Waals surface area contributed by atoms with Crippen molar-refractivity contribution in [2.24, 2.45) is 0 Å². The van der Waals surface area contributed by atoms with Crippen LogP contribution in [0.2, 0.25) is 0 Å². The molecule has 0 unspecified atom stereocenters. The summed E-state index contributed by atoms with van der Waals surface area (Å²) < 4.78 is 4.69. The van der Waals surface area contributed by atoms with Gasteiger partial charge in [-0.15, -0.1) is 0 Å². The standard InChI is InChI=1S/C24H22N3.HI/c1-17-4-9-22-18(14-17)6-11-24-26(22)16-21-7-5-19-15-20(25-12-2-3-13-25)8-10-23(19)27(21)24;/h4-11,14-16H,2-3,12-13H2,1H3;1H/q+1;/p-1. The van der Waals surface area contributed by atoms with Gasteiger partial charge in [0.1, 0.15) is 17.2 Å². The molecular weight excluding hydrogens is 457 g/mol. The maximum absolute atomic E-state index is 2.50. The summed E-state index contributed by atoms with van der Waals surface area (Å²) >= 11 is 0. The lowest BCUT2D eigenvalue weighted by molar-refractivity contribution is -0.479. The second-order valence-electron chi connectivity index (χ2n) is 7.78. The molecule has 3 aromatic heterocycles. The van der Waals surface area contributed by atoms with Gasteiger partial charge in [0, 0.05) is 35.6 Å². The Balaban J connectivity index is 0.00000171. The molecule has 6 rings (SSSR count). The van der Waals surface area contributed by atoms with Crippen LogP contribution in [0, 0.1) is 6.92 Å². The predicted octanol–water partition coefficient (Wildman–Crippen LogP) is 1.90. The van der Waals surface area contributed by atoms with E-state index in [2.05, 4.69) is 87.5 Å². The number of pyridine rings is 2. The van der Waals surface area contributed by atoms with Crippen molar-refractivity contribution in [1.29, 1.82) is 0 Å². The van der Waals surface area contributed by atoms with Gasteiger partial charge >= 0.3 is 0 Å². The number of hydrogen-bond acceptors (Lipinski definition) is 1. The van der Waals surface area contributed by atoms with Gasteiger partial charge in [-0.2, -0.15) is 8.80 Å². The number of benzene rings is 2. The third-order valence-electron chi connectivity index (χ3n) is 6.01. The number of aromatic nitrogens is 2. The number of aryl methyl sites for hydroxylation is 1. The van der Waals surface area contributed by atoms with Gasteiger partial charge in [-0.25, -0.2) is 0 Å². The van der Waals surface area contributed by atoms with Gasteiger partial charge in [0.25, 0.3) is 5.65 Å². The maximum Gasteiger partial charge on any atom is 0.292 e. The molecule has 0 amide bonds. The van der Waals surface area contributed by atoms with Crippen molar-refractivity contribution in [3.8, 4) is 0 Å². The molecule has 5 aromatic rings. The molecule has 1 fully saturated rings. The fourth-order valence-electron chi connectivity index (χ4n) is 4.64. The molecule has 1 saturated heterocycles. The molecule has 0 N–H and O–H groups in total. The first-order chi connectivity index (χ1) is 13.3. The molecule has 0 aliphatic carbocycles. The van der Waals surface area contributed by atoms with Crippen LogP contribution in [0.3, 0.4) is 0 Å². The number of halogens is 1. The molecular formula is C24H22IN3. The van der Waals surface area contributed by atoms with E-state index >= 15 is 0 Å². The van der Waals surface area contributed by atoms with Crippen molar-refractivity contribution in [2.45, 2.75) is 19.8 Å². The molecule has 0 atom stereocenters. The van der Waals surface area contributed by atoms with Crippen molar-refractivity contribution in [2.75, 3.05) is 18.0 Å². The predicted molar refractivity (Wildman–Crippen MR) is 112 cm³/mol. The van der Waals surface area contributed by atoms with Crippen LogP contribution in [-0.2, 0) is 0 Å². The lowest BCUT2D eigenvalue weighted by Crippen LogP contribution is -3.00. The Labute approximate surface area is 181 Å². The summed E-state index contributed by atoms with van der Waals surface area (Å²) in [6, 6.07) is 22.6. The average Bonchev–Trinajstić information content (AvgIpc) is 3.35. The fraction of sp³-hybridized carbons (Fsp3) is 0.208. The van der Waals surface area contributed by atoms with E-state index in [9.17, 15) is 0 Å². The number of imidazole rings is 1. The average molecular weight is 479 g/mol. The van der Waals surface area contributed by atoms with E-state index in [4.69, 9.17) is 0 Å². The number of fused-ring (bicyclic) bond motifs is 7. The summed E-state index contributed by atoms with van der Waals surface area (Å²) in [6.07, 6.45) is 4.87. The zero-order chi connectivity index (χ0) is 18.0. The fourth-order valence-corrected chi connectivity index (χ4v) is 4.64. The molecule has 0 radical (unpaired) electrons. The Bertz CT molecular complexity index is 1350. The Morgan fingerprint density at radius 3 is 2.50 bits per heavy atom.